The number of rotatable bonds is 6. The van der Waals surface area contributed by atoms with Crippen LogP contribution in [0.2, 0.25) is 0 Å². The monoisotopic (exact) mass is 342 g/mol. The molecule has 2 aromatic carbocycles. The largest absolute Gasteiger partial charge is 0.491 e. The number of benzene rings is 2. The van der Waals surface area contributed by atoms with E-state index in [1.165, 1.54) is 18.2 Å². The molecule has 0 bridgehead atoms. The molecule has 1 N–H and O–H groups in total. The van der Waals surface area contributed by atoms with E-state index in [-0.39, 0.29) is 30.1 Å². The van der Waals surface area contributed by atoms with Crippen molar-refractivity contribution >= 4 is 16.6 Å². The average Bonchev–Trinajstić information content (AvgIpc) is 2.63. The van der Waals surface area contributed by atoms with E-state index in [4.69, 9.17) is 4.74 Å². The molecule has 3 rings (SSSR count). The summed E-state index contributed by atoms with van der Waals surface area (Å²) >= 11 is 0. The maximum Gasteiger partial charge on any atom is 0.277 e. The molecule has 1 atom stereocenters. The Labute approximate surface area is 141 Å². The molecule has 0 aliphatic carbocycles. The lowest BCUT2D eigenvalue weighted by atomic mass is 10.2. The summed E-state index contributed by atoms with van der Waals surface area (Å²) in [5.41, 5.74) is 0.00897. The van der Waals surface area contributed by atoms with E-state index in [0.717, 1.165) is 4.68 Å². The SMILES string of the molecule is O=c1c2ccccc2nnn1CC(O)COc1cccc([N+](=O)[O-])c1. The molecule has 1 aromatic heterocycles. The number of non-ortho nitro benzene ring substituents is 1. The van der Waals surface area contributed by atoms with Gasteiger partial charge in [-0.15, -0.1) is 5.10 Å². The van der Waals surface area contributed by atoms with Gasteiger partial charge in [0, 0.05) is 6.07 Å². The summed E-state index contributed by atoms with van der Waals surface area (Å²) in [5.74, 6) is 0.255. The van der Waals surface area contributed by atoms with Crippen LogP contribution in [0.5, 0.6) is 5.75 Å². The van der Waals surface area contributed by atoms with Gasteiger partial charge in [-0.2, -0.15) is 0 Å². The van der Waals surface area contributed by atoms with Gasteiger partial charge in [-0.05, 0) is 18.2 Å². The fourth-order valence-electron chi connectivity index (χ4n) is 2.27. The van der Waals surface area contributed by atoms with Crippen molar-refractivity contribution < 1.29 is 14.8 Å². The van der Waals surface area contributed by atoms with Gasteiger partial charge in [0.25, 0.3) is 11.2 Å². The lowest BCUT2D eigenvalue weighted by Gasteiger charge is -2.13. The van der Waals surface area contributed by atoms with Gasteiger partial charge >= 0.3 is 0 Å². The number of ether oxygens (including phenoxy) is 1. The molecule has 0 amide bonds. The van der Waals surface area contributed by atoms with Crippen molar-refractivity contribution in [2.45, 2.75) is 12.6 Å². The van der Waals surface area contributed by atoms with Gasteiger partial charge in [0.2, 0.25) is 0 Å². The number of hydrogen-bond acceptors (Lipinski definition) is 7. The number of nitro groups is 1. The summed E-state index contributed by atoms with van der Waals surface area (Å²) in [6.45, 7) is -0.256. The summed E-state index contributed by atoms with van der Waals surface area (Å²) in [4.78, 5) is 22.5. The minimum atomic E-state index is -1.03. The van der Waals surface area contributed by atoms with Crippen LogP contribution in [-0.4, -0.2) is 37.7 Å². The highest BCUT2D eigenvalue weighted by atomic mass is 16.6. The van der Waals surface area contributed by atoms with Gasteiger partial charge in [-0.3, -0.25) is 14.9 Å². The normalized spacial score (nSPS) is 12.0. The first-order valence-corrected chi connectivity index (χ1v) is 7.42. The fourth-order valence-corrected chi connectivity index (χ4v) is 2.27. The molecule has 0 spiro atoms. The Morgan fingerprint density at radius 3 is 2.84 bits per heavy atom. The van der Waals surface area contributed by atoms with Crippen molar-refractivity contribution in [3.8, 4) is 5.75 Å². The minimum Gasteiger partial charge on any atom is -0.491 e. The van der Waals surface area contributed by atoms with Crippen molar-refractivity contribution in [3.63, 3.8) is 0 Å². The fraction of sp³-hybridized carbons (Fsp3) is 0.188. The molecule has 0 saturated carbocycles. The van der Waals surface area contributed by atoms with Crippen LogP contribution in [-0.2, 0) is 6.54 Å². The molecule has 0 aliphatic rings. The Hall–Kier alpha value is -3.33. The van der Waals surface area contributed by atoms with Crippen molar-refractivity contribution in [2.75, 3.05) is 6.61 Å². The van der Waals surface area contributed by atoms with Crippen LogP contribution < -0.4 is 10.3 Å². The highest BCUT2D eigenvalue weighted by molar-refractivity contribution is 5.76. The van der Waals surface area contributed by atoms with Crippen LogP contribution in [0.4, 0.5) is 5.69 Å². The number of aromatic nitrogens is 3. The maximum absolute atomic E-state index is 12.3. The van der Waals surface area contributed by atoms with E-state index in [0.29, 0.717) is 10.9 Å². The standard InChI is InChI=1S/C16H14N4O5/c21-12(10-25-13-5-3-4-11(8-13)20(23)24)9-19-16(22)14-6-1-2-7-15(14)17-18-19/h1-8,12,21H,9-10H2. The second kappa shape index (κ2) is 7.05. The zero-order valence-electron chi connectivity index (χ0n) is 13.0. The predicted molar refractivity (Wildman–Crippen MR) is 88.4 cm³/mol. The average molecular weight is 342 g/mol. The van der Waals surface area contributed by atoms with E-state index in [1.54, 1.807) is 30.3 Å². The first-order chi connectivity index (χ1) is 12.0. The van der Waals surface area contributed by atoms with E-state index in [2.05, 4.69) is 10.3 Å². The summed E-state index contributed by atoms with van der Waals surface area (Å²) in [5, 5.41) is 28.9. The zero-order valence-corrected chi connectivity index (χ0v) is 13.0. The van der Waals surface area contributed by atoms with Gasteiger partial charge in [-0.1, -0.05) is 23.4 Å². The second-order valence-corrected chi connectivity index (χ2v) is 5.31. The van der Waals surface area contributed by atoms with E-state index >= 15 is 0 Å². The zero-order chi connectivity index (χ0) is 17.8. The van der Waals surface area contributed by atoms with E-state index in [9.17, 15) is 20.0 Å². The molecule has 9 heteroatoms. The highest BCUT2D eigenvalue weighted by Crippen LogP contribution is 2.19. The molecular weight excluding hydrogens is 328 g/mol. The Morgan fingerprint density at radius 1 is 1.24 bits per heavy atom. The third kappa shape index (κ3) is 3.78. The lowest BCUT2D eigenvalue weighted by molar-refractivity contribution is -0.384. The van der Waals surface area contributed by atoms with Gasteiger partial charge in [0.15, 0.2) is 0 Å². The number of aliphatic hydroxyl groups is 1. The maximum atomic E-state index is 12.3. The van der Waals surface area contributed by atoms with E-state index < -0.39 is 11.0 Å². The summed E-state index contributed by atoms with van der Waals surface area (Å²) in [7, 11) is 0. The number of hydrogen-bond donors (Lipinski definition) is 1. The Morgan fingerprint density at radius 2 is 2.04 bits per heavy atom. The van der Waals surface area contributed by atoms with Crippen LogP contribution in [0.15, 0.2) is 53.3 Å². The number of aliphatic hydroxyl groups excluding tert-OH is 1. The molecule has 3 aromatic rings. The third-order valence-electron chi connectivity index (χ3n) is 3.48. The minimum absolute atomic E-state index is 0.106. The van der Waals surface area contributed by atoms with Crippen LogP contribution in [0.1, 0.15) is 0 Å². The topological polar surface area (TPSA) is 120 Å². The second-order valence-electron chi connectivity index (χ2n) is 5.31. The molecule has 1 heterocycles. The van der Waals surface area contributed by atoms with Crippen molar-refractivity contribution in [2.24, 2.45) is 0 Å². The third-order valence-corrected chi connectivity index (χ3v) is 3.48. The molecule has 0 saturated heterocycles. The summed E-state index contributed by atoms with van der Waals surface area (Å²) in [6.07, 6.45) is -1.03. The highest BCUT2D eigenvalue weighted by Gasteiger charge is 2.12. The number of nitro benzene ring substituents is 1. The van der Waals surface area contributed by atoms with Gasteiger partial charge < -0.3 is 9.84 Å². The van der Waals surface area contributed by atoms with Crippen molar-refractivity contribution in [3.05, 3.63) is 69.0 Å². The number of fused-ring (bicyclic) bond motifs is 1. The summed E-state index contributed by atoms with van der Waals surface area (Å²) < 4.78 is 6.40. The van der Waals surface area contributed by atoms with Gasteiger partial charge in [0.05, 0.1) is 22.9 Å². The molecule has 1 unspecified atom stereocenters. The molecule has 0 radical (unpaired) electrons. The Balaban J connectivity index is 1.68. The quantitative estimate of drug-likeness (QED) is 0.527. The van der Waals surface area contributed by atoms with Crippen molar-refractivity contribution in [1.82, 2.24) is 15.0 Å². The number of nitrogens with zero attached hydrogens (tertiary/aromatic N) is 4. The first kappa shape index (κ1) is 16.5. The molecule has 128 valence electrons. The predicted octanol–water partition coefficient (Wildman–Crippen LogP) is 1.14. The van der Waals surface area contributed by atoms with E-state index in [1.807, 2.05) is 0 Å². The molecule has 0 aliphatic heterocycles. The van der Waals surface area contributed by atoms with Crippen LogP contribution in [0.25, 0.3) is 10.9 Å². The van der Waals surface area contributed by atoms with Crippen LogP contribution in [0.3, 0.4) is 0 Å². The molecular formula is C16H14N4O5. The Bertz CT molecular complexity index is 972. The lowest BCUT2D eigenvalue weighted by Crippen LogP contribution is -2.32. The van der Waals surface area contributed by atoms with Gasteiger partial charge in [-0.25, -0.2) is 4.68 Å². The molecule has 25 heavy (non-hydrogen) atoms. The van der Waals surface area contributed by atoms with Gasteiger partial charge in [0.1, 0.15) is 24.0 Å². The first-order valence-electron chi connectivity index (χ1n) is 7.42. The summed E-state index contributed by atoms with van der Waals surface area (Å²) in [6, 6.07) is 12.4. The molecule has 0 fully saturated rings. The van der Waals surface area contributed by atoms with Crippen LogP contribution in [0, 0.1) is 10.1 Å². The Kier molecular flexibility index (Phi) is 4.66. The van der Waals surface area contributed by atoms with Crippen LogP contribution >= 0.6 is 0 Å². The smallest absolute Gasteiger partial charge is 0.277 e. The molecule has 9 nitrogen and oxygen atoms in total. The van der Waals surface area contributed by atoms with Crippen molar-refractivity contribution in [1.29, 1.82) is 0 Å².